The van der Waals surface area contributed by atoms with Crippen LogP contribution in [0.4, 0.5) is 8.78 Å². The van der Waals surface area contributed by atoms with Gasteiger partial charge in [-0.2, -0.15) is 0 Å². The fourth-order valence-electron chi connectivity index (χ4n) is 0.899. The summed E-state index contributed by atoms with van der Waals surface area (Å²) >= 11 is 1.71. The van der Waals surface area contributed by atoms with Crippen LogP contribution in [-0.2, 0) is 0 Å². The van der Waals surface area contributed by atoms with Crippen molar-refractivity contribution in [3.63, 3.8) is 0 Å². The van der Waals surface area contributed by atoms with Crippen LogP contribution in [0, 0.1) is 3.57 Å². The lowest BCUT2D eigenvalue weighted by molar-refractivity contribution is 0.111. The van der Waals surface area contributed by atoms with E-state index >= 15 is 0 Å². The van der Waals surface area contributed by atoms with Gasteiger partial charge >= 0.3 is 0 Å². The second-order valence-electron chi connectivity index (χ2n) is 2.38. The van der Waals surface area contributed by atoms with Crippen molar-refractivity contribution >= 4 is 28.9 Å². The first-order chi connectivity index (χ1) is 6.60. The topological polar surface area (TPSA) is 39.2 Å². The van der Waals surface area contributed by atoms with Gasteiger partial charge in [0.2, 0.25) is 5.88 Å². The van der Waals surface area contributed by atoms with E-state index in [0.717, 1.165) is 6.07 Å². The normalized spacial score (nSPS) is 10.4. The molecule has 0 spiro atoms. The number of rotatable bonds is 3. The van der Waals surface area contributed by atoms with Crippen LogP contribution in [0.2, 0.25) is 0 Å². The molecule has 0 amide bonds. The molecule has 0 aliphatic carbocycles. The molecule has 0 aliphatic heterocycles. The van der Waals surface area contributed by atoms with E-state index in [-0.39, 0.29) is 20.7 Å². The van der Waals surface area contributed by atoms with Crippen LogP contribution in [0.25, 0.3) is 0 Å². The lowest BCUT2D eigenvalue weighted by atomic mass is 10.2. The van der Waals surface area contributed by atoms with Crippen LogP contribution in [0.15, 0.2) is 6.07 Å². The Kier molecular flexibility index (Phi) is 3.73. The average Bonchev–Trinajstić information content (AvgIpc) is 2.17. The summed E-state index contributed by atoms with van der Waals surface area (Å²) < 4.78 is 29.9. The first kappa shape index (κ1) is 11.3. The standard InChI is InChI=1S/C8H6F2INO2/c1-14-8-6(11)5(7(9)10)2-4(3-13)12-8/h2-3,7H,1H3. The molecule has 1 heterocycles. The number of hydrogen-bond acceptors (Lipinski definition) is 3. The molecule has 0 aromatic carbocycles. The molecule has 0 radical (unpaired) electrons. The van der Waals surface area contributed by atoms with Gasteiger partial charge in [-0.15, -0.1) is 0 Å². The maximum Gasteiger partial charge on any atom is 0.265 e. The maximum atomic E-state index is 12.5. The molecule has 14 heavy (non-hydrogen) atoms. The molecule has 6 heteroatoms. The van der Waals surface area contributed by atoms with E-state index in [1.807, 2.05) is 0 Å². The van der Waals surface area contributed by atoms with Gasteiger partial charge in [-0.25, -0.2) is 13.8 Å². The Morgan fingerprint density at radius 1 is 1.64 bits per heavy atom. The van der Waals surface area contributed by atoms with Crippen molar-refractivity contribution in [1.82, 2.24) is 4.98 Å². The molecule has 1 rings (SSSR count). The van der Waals surface area contributed by atoms with Gasteiger partial charge in [0.1, 0.15) is 5.69 Å². The molecule has 1 aromatic rings. The quantitative estimate of drug-likeness (QED) is 0.635. The van der Waals surface area contributed by atoms with Crippen LogP contribution in [0.3, 0.4) is 0 Å². The summed E-state index contributed by atoms with van der Waals surface area (Å²) in [5.74, 6) is 0.0468. The zero-order valence-corrected chi connectivity index (χ0v) is 9.29. The van der Waals surface area contributed by atoms with Gasteiger partial charge in [0.05, 0.1) is 10.7 Å². The van der Waals surface area contributed by atoms with E-state index in [1.165, 1.54) is 7.11 Å². The summed E-state index contributed by atoms with van der Waals surface area (Å²) in [6.45, 7) is 0. The van der Waals surface area contributed by atoms with Crippen molar-refractivity contribution in [2.24, 2.45) is 0 Å². The maximum absolute atomic E-state index is 12.5. The monoisotopic (exact) mass is 313 g/mol. The summed E-state index contributed by atoms with van der Waals surface area (Å²) in [6.07, 6.45) is -2.23. The van der Waals surface area contributed by atoms with Gasteiger partial charge in [0, 0.05) is 5.56 Å². The number of ether oxygens (including phenoxy) is 1. The van der Waals surface area contributed by atoms with Crippen molar-refractivity contribution in [2.45, 2.75) is 6.43 Å². The number of pyridine rings is 1. The first-order valence-electron chi connectivity index (χ1n) is 3.58. The third-order valence-corrected chi connectivity index (χ3v) is 2.61. The van der Waals surface area contributed by atoms with Crippen molar-refractivity contribution in [3.05, 3.63) is 20.9 Å². The number of carbonyl (C=O) groups is 1. The average molecular weight is 313 g/mol. The van der Waals surface area contributed by atoms with E-state index < -0.39 is 6.43 Å². The number of aldehydes is 1. The Balaban J connectivity index is 3.34. The van der Waals surface area contributed by atoms with E-state index in [4.69, 9.17) is 4.74 Å². The highest BCUT2D eigenvalue weighted by atomic mass is 127. The van der Waals surface area contributed by atoms with Crippen LogP contribution >= 0.6 is 22.6 Å². The predicted octanol–water partition coefficient (Wildman–Crippen LogP) is 2.44. The molecular weight excluding hydrogens is 307 g/mol. The summed E-state index contributed by atoms with van der Waals surface area (Å²) in [6, 6.07) is 1.06. The smallest absolute Gasteiger partial charge is 0.265 e. The molecule has 0 fully saturated rings. The number of halogens is 3. The molecule has 0 saturated carbocycles. The molecular formula is C8H6F2INO2. The minimum Gasteiger partial charge on any atom is -0.480 e. The Bertz CT molecular complexity index is 357. The van der Waals surface area contributed by atoms with Gasteiger partial charge in [0.25, 0.3) is 6.43 Å². The van der Waals surface area contributed by atoms with Crippen LogP contribution in [0.1, 0.15) is 22.5 Å². The minimum absolute atomic E-state index is 0.0468. The fraction of sp³-hybridized carbons (Fsp3) is 0.250. The number of hydrogen-bond donors (Lipinski definition) is 0. The highest BCUT2D eigenvalue weighted by Crippen LogP contribution is 2.30. The van der Waals surface area contributed by atoms with Gasteiger partial charge in [-0.05, 0) is 28.7 Å². The number of nitrogens with zero attached hydrogens (tertiary/aromatic N) is 1. The third-order valence-electron chi connectivity index (χ3n) is 1.52. The van der Waals surface area contributed by atoms with Crippen molar-refractivity contribution in [3.8, 4) is 5.88 Å². The van der Waals surface area contributed by atoms with E-state index in [9.17, 15) is 13.6 Å². The van der Waals surface area contributed by atoms with Gasteiger partial charge in [0.15, 0.2) is 6.29 Å². The number of alkyl halides is 2. The SMILES string of the molecule is COc1nc(C=O)cc(C(F)F)c1I. The Morgan fingerprint density at radius 3 is 2.71 bits per heavy atom. The third kappa shape index (κ3) is 2.17. The summed E-state index contributed by atoms with van der Waals surface area (Å²) in [4.78, 5) is 14.1. The number of methoxy groups -OCH3 is 1. The van der Waals surface area contributed by atoms with Crippen LogP contribution in [0.5, 0.6) is 5.88 Å². The summed E-state index contributed by atoms with van der Waals surface area (Å²) in [5.41, 5.74) is -0.294. The van der Waals surface area contributed by atoms with Crippen molar-refractivity contribution in [2.75, 3.05) is 7.11 Å². The Labute approximate surface area is 92.6 Å². The van der Waals surface area contributed by atoms with Gasteiger partial charge < -0.3 is 4.74 Å². The largest absolute Gasteiger partial charge is 0.480 e. The first-order valence-corrected chi connectivity index (χ1v) is 4.65. The van der Waals surface area contributed by atoms with Crippen LogP contribution < -0.4 is 4.74 Å². The molecule has 76 valence electrons. The number of aromatic nitrogens is 1. The highest BCUT2D eigenvalue weighted by Gasteiger charge is 2.17. The lowest BCUT2D eigenvalue weighted by Crippen LogP contribution is -2.01. The lowest BCUT2D eigenvalue weighted by Gasteiger charge is -2.07. The zero-order chi connectivity index (χ0) is 10.7. The minimum atomic E-state index is -2.64. The zero-order valence-electron chi connectivity index (χ0n) is 7.13. The molecule has 3 nitrogen and oxygen atoms in total. The molecule has 0 atom stereocenters. The molecule has 1 aromatic heterocycles. The summed E-state index contributed by atoms with van der Waals surface area (Å²) in [7, 11) is 1.31. The second-order valence-corrected chi connectivity index (χ2v) is 3.46. The van der Waals surface area contributed by atoms with Gasteiger partial charge in [-0.1, -0.05) is 0 Å². The summed E-state index contributed by atoms with van der Waals surface area (Å²) in [5, 5.41) is 0. The molecule has 0 unspecified atom stereocenters. The molecule has 0 N–H and O–H groups in total. The van der Waals surface area contributed by atoms with E-state index in [2.05, 4.69) is 4.98 Å². The Morgan fingerprint density at radius 2 is 2.29 bits per heavy atom. The second kappa shape index (κ2) is 4.63. The highest BCUT2D eigenvalue weighted by molar-refractivity contribution is 14.1. The van der Waals surface area contributed by atoms with E-state index in [1.54, 1.807) is 22.6 Å². The predicted molar refractivity (Wildman–Crippen MR) is 53.9 cm³/mol. The van der Waals surface area contributed by atoms with Gasteiger partial charge in [-0.3, -0.25) is 4.79 Å². The van der Waals surface area contributed by atoms with Crippen molar-refractivity contribution < 1.29 is 18.3 Å². The van der Waals surface area contributed by atoms with E-state index in [0.29, 0.717) is 6.29 Å². The van der Waals surface area contributed by atoms with Crippen molar-refractivity contribution in [1.29, 1.82) is 0 Å². The number of carbonyl (C=O) groups excluding carboxylic acids is 1. The molecule has 0 aliphatic rings. The fourth-order valence-corrected chi connectivity index (χ4v) is 1.63. The van der Waals surface area contributed by atoms with Crippen LogP contribution in [-0.4, -0.2) is 18.4 Å². The Hall–Kier alpha value is -0.790. The molecule has 0 saturated heterocycles. The molecule has 0 bridgehead atoms.